The summed E-state index contributed by atoms with van der Waals surface area (Å²) in [6, 6.07) is 9.81. The van der Waals surface area contributed by atoms with Crippen LogP contribution in [0, 0.1) is 6.92 Å². The summed E-state index contributed by atoms with van der Waals surface area (Å²) in [5, 5.41) is 2.20. The standard InChI is InChI=1S/C18H14N2O/c1-13-8-17(12-20-10-13)18(21)5-3-14-2-4-16-11-19-7-6-15(16)9-14/h2-12H,1H3/b5-3+. The zero-order valence-corrected chi connectivity index (χ0v) is 11.7. The largest absolute Gasteiger partial charge is 0.289 e. The number of carbonyl (C=O) groups excluding carboxylic acids is 1. The smallest absolute Gasteiger partial charge is 0.187 e. The third-order valence-corrected chi connectivity index (χ3v) is 3.25. The van der Waals surface area contributed by atoms with Crippen molar-refractivity contribution in [3.05, 3.63) is 77.9 Å². The number of rotatable bonds is 3. The van der Waals surface area contributed by atoms with Crippen molar-refractivity contribution in [1.82, 2.24) is 9.97 Å². The van der Waals surface area contributed by atoms with Crippen molar-refractivity contribution in [3.8, 4) is 0 Å². The third-order valence-electron chi connectivity index (χ3n) is 3.25. The topological polar surface area (TPSA) is 42.9 Å². The molecule has 3 heteroatoms. The fourth-order valence-electron chi connectivity index (χ4n) is 2.16. The van der Waals surface area contributed by atoms with E-state index in [9.17, 15) is 4.79 Å². The van der Waals surface area contributed by atoms with Crippen LogP contribution in [0.4, 0.5) is 0 Å². The number of pyridine rings is 2. The van der Waals surface area contributed by atoms with Gasteiger partial charge in [0.15, 0.2) is 5.78 Å². The van der Waals surface area contributed by atoms with Crippen molar-refractivity contribution < 1.29 is 4.79 Å². The number of aromatic nitrogens is 2. The second-order valence-corrected chi connectivity index (χ2v) is 4.93. The molecule has 0 aliphatic carbocycles. The number of benzene rings is 1. The Hall–Kier alpha value is -2.81. The Bertz CT molecular complexity index is 837. The number of fused-ring (bicyclic) bond motifs is 1. The molecule has 0 bridgehead atoms. The predicted octanol–water partition coefficient (Wildman–Crippen LogP) is 3.83. The van der Waals surface area contributed by atoms with Gasteiger partial charge in [-0.25, -0.2) is 0 Å². The zero-order chi connectivity index (χ0) is 14.7. The fourth-order valence-corrected chi connectivity index (χ4v) is 2.16. The summed E-state index contributed by atoms with van der Waals surface area (Å²) < 4.78 is 0. The van der Waals surface area contributed by atoms with E-state index in [4.69, 9.17) is 0 Å². The number of ketones is 1. The lowest BCUT2D eigenvalue weighted by atomic mass is 10.1. The van der Waals surface area contributed by atoms with Crippen molar-refractivity contribution in [2.75, 3.05) is 0 Å². The van der Waals surface area contributed by atoms with E-state index in [1.165, 1.54) is 0 Å². The second-order valence-electron chi connectivity index (χ2n) is 4.93. The molecule has 0 fully saturated rings. The van der Waals surface area contributed by atoms with E-state index >= 15 is 0 Å². The van der Waals surface area contributed by atoms with Crippen LogP contribution in [0.3, 0.4) is 0 Å². The van der Waals surface area contributed by atoms with Gasteiger partial charge in [0.25, 0.3) is 0 Å². The molecule has 0 saturated carbocycles. The monoisotopic (exact) mass is 274 g/mol. The normalized spacial score (nSPS) is 11.1. The molecule has 0 amide bonds. The van der Waals surface area contributed by atoms with Gasteiger partial charge in [-0.1, -0.05) is 18.2 Å². The number of allylic oxidation sites excluding steroid dienone is 1. The molecule has 3 nitrogen and oxygen atoms in total. The Balaban J connectivity index is 1.85. The number of hydrogen-bond donors (Lipinski definition) is 0. The lowest BCUT2D eigenvalue weighted by Gasteiger charge is -1.99. The van der Waals surface area contributed by atoms with Crippen LogP contribution in [-0.4, -0.2) is 15.8 Å². The number of aryl methyl sites for hydroxylation is 1. The second kappa shape index (κ2) is 5.67. The van der Waals surface area contributed by atoms with Crippen LogP contribution in [0.5, 0.6) is 0 Å². The first-order valence-corrected chi connectivity index (χ1v) is 6.70. The minimum atomic E-state index is -0.0407. The van der Waals surface area contributed by atoms with Gasteiger partial charge in [0.1, 0.15) is 0 Å². The molecule has 3 rings (SSSR count). The molecule has 1 aromatic carbocycles. The molecule has 0 unspecified atom stereocenters. The van der Waals surface area contributed by atoms with Crippen molar-refractivity contribution in [1.29, 1.82) is 0 Å². The molecule has 0 atom stereocenters. The summed E-state index contributed by atoms with van der Waals surface area (Å²) in [5.41, 5.74) is 2.58. The number of carbonyl (C=O) groups is 1. The van der Waals surface area contributed by atoms with Gasteiger partial charge in [0, 0.05) is 35.7 Å². The summed E-state index contributed by atoms with van der Waals surface area (Å²) >= 11 is 0. The molecular formula is C18H14N2O. The molecule has 0 radical (unpaired) electrons. The Kier molecular flexibility index (Phi) is 3.56. The van der Waals surface area contributed by atoms with E-state index in [0.29, 0.717) is 5.56 Å². The molecule has 0 aliphatic rings. The van der Waals surface area contributed by atoms with E-state index < -0.39 is 0 Å². The number of nitrogens with zero attached hydrogens (tertiary/aromatic N) is 2. The van der Waals surface area contributed by atoms with Crippen molar-refractivity contribution in [2.24, 2.45) is 0 Å². The molecule has 2 heterocycles. The maximum atomic E-state index is 12.1. The highest BCUT2D eigenvalue weighted by Crippen LogP contribution is 2.15. The van der Waals surface area contributed by atoms with Crippen molar-refractivity contribution in [3.63, 3.8) is 0 Å². The van der Waals surface area contributed by atoms with Gasteiger partial charge in [-0.15, -0.1) is 0 Å². The van der Waals surface area contributed by atoms with Crippen molar-refractivity contribution in [2.45, 2.75) is 6.92 Å². The van der Waals surface area contributed by atoms with E-state index in [-0.39, 0.29) is 5.78 Å². The molecular weight excluding hydrogens is 260 g/mol. The van der Waals surface area contributed by atoms with Gasteiger partial charge in [0.2, 0.25) is 0 Å². The van der Waals surface area contributed by atoms with Gasteiger partial charge in [-0.2, -0.15) is 0 Å². The lowest BCUT2D eigenvalue weighted by molar-refractivity contribution is 0.104. The molecule has 0 saturated heterocycles. The fraction of sp³-hybridized carbons (Fsp3) is 0.0556. The summed E-state index contributed by atoms with van der Waals surface area (Å²) in [5.74, 6) is -0.0407. The molecule has 2 aromatic heterocycles. The Morgan fingerprint density at radius 2 is 1.90 bits per heavy atom. The first-order valence-electron chi connectivity index (χ1n) is 6.70. The first kappa shape index (κ1) is 13.2. The lowest BCUT2D eigenvalue weighted by Crippen LogP contribution is -1.95. The maximum absolute atomic E-state index is 12.1. The average Bonchev–Trinajstić information content (AvgIpc) is 2.52. The van der Waals surface area contributed by atoms with Crippen LogP contribution < -0.4 is 0 Å². The zero-order valence-electron chi connectivity index (χ0n) is 11.7. The highest BCUT2D eigenvalue weighted by atomic mass is 16.1. The van der Waals surface area contributed by atoms with Gasteiger partial charge < -0.3 is 0 Å². The van der Waals surface area contributed by atoms with Gasteiger partial charge in [-0.3, -0.25) is 14.8 Å². The molecule has 0 N–H and O–H groups in total. The Morgan fingerprint density at radius 1 is 1.00 bits per heavy atom. The van der Waals surface area contributed by atoms with E-state index in [1.54, 1.807) is 24.7 Å². The van der Waals surface area contributed by atoms with Crippen LogP contribution in [0.1, 0.15) is 21.5 Å². The maximum Gasteiger partial charge on any atom is 0.187 e. The van der Waals surface area contributed by atoms with E-state index in [2.05, 4.69) is 9.97 Å². The Labute approximate surface area is 123 Å². The number of hydrogen-bond acceptors (Lipinski definition) is 3. The van der Waals surface area contributed by atoms with Gasteiger partial charge >= 0.3 is 0 Å². The third kappa shape index (κ3) is 3.03. The van der Waals surface area contributed by atoms with Crippen LogP contribution in [0.25, 0.3) is 16.8 Å². The van der Waals surface area contributed by atoms with Gasteiger partial charge in [0.05, 0.1) is 0 Å². The minimum absolute atomic E-state index is 0.0407. The summed E-state index contributed by atoms with van der Waals surface area (Å²) in [6.45, 7) is 1.92. The van der Waals surface area contributed by atoms with Crippen LogP contribution >= 0.6 is 0 Å². The van der Waals surface area contributed by atoms with E-state index in [1.807, 2.05) is 49.5 Å². The quantitative estimate of drug-likeness (QED) is 0.538. The SMILES string of the molecule is Cc1cncc(C(=O)/C=C/c2ccc3cnccc3c2)c1. The molecule has 102 valence electrons. The average molecular weight is 274 g/mol. The highest BCUT2D eigenvalue weighted by molar-refractivity contribution is 6.06. The van der Waals surface area contributed by atoms with Crippen LogP contribution in [-0.2, 0) is 0 Å². The van der Waals surface area contributed by atoms with E-state index in [0.717, 1.165) is 21.9 Å². The van der Waals surface area contributed by atoms with Crippen molar-refractivity contribution >= 4 is 22.6 Å². The molecule has 0 spiro atoms. The first-order chi connectivity index (χ1) is 10.2. The predicted molar refractivity (Wildman–Crippen MR) is 84.1 cm³/mol. The molecule has 0 aliphatic heterocycles. The summed E-state index contributed by atoms with van der Waals surface area (Å²) in [6.07, 6.45) is 10.3. The highest BCUT2D eigenvalue weighted by Gasteiger charge is 2.02. The van der Waals surface area contributed by atoms with Crippen LogP contribution in [0.15, 0.2) is 61.2 Å². The van der Waals surface area contributed by atoms with Crippen LogP contribution in [0.2, 0.25) is 0 Å². The molecule has 3 aromatic rings. The van der Waals surface area contributed by atoms with Gasteiger partial charge in [-0.05, 0) is 47.7 Å². The summed E-state index contributed by atoms with van der Waals surface area (Å²) in [7, 11) is 0. The minimum Gasteiger partial charge on any atom is -0.289 e. The Morgan fingerprint density at radius 3 is 2.76 bits per heavy atom. The summed E-state index contributed by atoms with van der Waals surface area (Å²) in [4.78, 5) is 20.2. The molecule has 21 heavy (non-hydrogen) atoms.